The van der Waals surface area contributed by atoms with Crippen molar-refractivity contribution in [2.45, 2.75) is 6.61 Å². The second-order valence-corrected chi connectivity index (χ2v) is 2.94. The fourth-order valence-electron chi connectivity index (χ4n) is 1.26. The number of phenols is 1. The van der Waals surface area contributed by atoms with Gasteiger partial charge in [0.05, 0.1) is 12.2 Å². The van der Waals surface area contributed by atoms with Gasteiger partial charge < -0.3 is 14.6 Å². The number of aromatic hydroxyl groups is 1. The third-order valence-corrected chi connectivity index (χ3v) is 1.96. The number of aliphatic hydroxyl groups excluding tert-OH is 1. The van der Waals surface area contributed by atoms with Crippen LogP contribution < -0.4 is 5.63 Å². The van der Waals surface area contributed by atoms with Gasteiger partial charge in [-0.05, 0) is 24.3 Å². The largest absolute Gasteiger partial charge is 0.508 e. The summed E-state index contributed by atoms with van der Waals surface area (Å²) < 4.78 is 4.91. The van der Waals surface area contributed by atoms with Crippen molar-refractivity contribution in [2.75, 3.05) is 0 Å². The van der Waals surface area contributed by atoms with E-state index in [0.29, 0.717) is 11.0 Å². The molecule has 1 aromatic carbocycles. The van der Waals surface area contributed by atoms with E-state index in [4.69, 9.17) is 9.52 Å². The fourth-order valence-corrected chi connectivity index (χ4v) is 1.26. The molecule has 0 aliphatic heterocycles. The summed E-state index contributed by atoms with van der Waals surface area (Å²) in [6.07, 6.45) is 0. The number of hydrogen-bond donors (Lipinski definition) is 2. The van der Waals surface area contributed by atoms with Crippen LogP contribution in [0.2, 0.25) is 0 Å². The first-order valence-electron chi connectivity index (χ1n) is 4.07. The van der Waals surface area contributed by atoms with Gasteiger partial charge in [-0.15, -0.1) is 0 Å². The summed E-state index contributed by atoms with van der Waals surface area (Å²) >= 11 is 0. The Bertz CT molecular complexity index is 527. The number of hydrogen-bond acceptors (Lipinski definition) is 4. The standard InChI is InChI=1S/C10H8O4/c11-5-7-3-6-4-8(12)1-2-9(6)14-10(7)13/h1-4,11-12H,5H2. The minimum atomic E-state index is -0.550. The minimum absolute atomic E-state index is 0.0928. The van der Waals surface area contributed by atoms with E-state index in [2.05, 4.69) is 0 Å². The second-order valence-electron chi connectivity index (χ2n) is 2.94. The van der Waals surface area contributed by atoms with E-state index >= 15 is 0 Å². The van der Waals surface area contributed by atoms with E-state index in [1.807, 2.05) is 0 Å². The van der Waals surface area contributed by atoms with Crippen LogP contribution in [0.3, 0.4) is 0 Å². The molecule has 0 radical (unpaired) electrons. The number of fused-ring (bicyclic) bond motifs is 1. The van der Waals surface area contributed by atoms with Gasteiger partial charge >= 0.3 is 5.63 Å². The van der Waals surface area contributed by atoms with Gasteiger partial charge in [0.1, 0.15) is 11.3 Å². The highest BCUT2D eigenvalue weighted by molar-refractivity contribution is 5.78. The summed E-state index contributed by atoms with van der Waals surface area (Å²) in [5.41, 5.74) is 0.0267. The lowest BCUT2D eigenvalue weighted by Crippen LogP contribution is -2.06. The Balaban J connectivity index is 2.80. The van der Waals surface area contributed by atoms with Crippen LogP contribution >= 0.6 is 0 Å². The Hall–Kier alpha value is -1.81. The topological polar surface area (TPSA) is 70.7 Å². The summed E-state index contributed by atoms with van der Waals surface area (Å²) in [7, 11) is 0. The van der Waals surface area contributed by atoms with Crippen LogP contribution in [0.4, 0.5) is 0 Å². The number of aliphatic hydroxyl groups is 1. The molecule has 0 unspecified atom stereocenters. The van der Waals surface area contributed by atoms with Crippen molar-refractivity contribution in [2.24, 2.45) is 0 Å². The molecule has 0 aliphatic carbocycles. The zero-order valence-corrected chi connectivity index (χ0v) is 7.23. The van der Waals surface area contributed by atoms with Gasteiger partial charge in [-0.2, -0.15) is 0 Å². The molecule has 1 heterocycles. The number of phenolic OH excluding ortho intramolecular Hbond substituents is 1. The lowest BCUT2D eigenvalue weighted by Gasteiger charge is -1.99. The van der Waals surface area contributed by atoms with Crippen molar-refractivity contribution in [1.29, 1.82) is 0 Å². The normalized spacial score (nSPS) is 10.6. The van der Waals surface area contributed by atoms with Gasteiger partial charge in [-0.3, -0.25) is 0 Å². The molecule has 2 N–H and O–H groups in total. The molecule has 72 valence electrons. The molecule has 2 aromatic rings. The van der Waals surface area contributed by atoms with Gasteiger partial charge in [0, 0.05) is 5.39 Å². The second kappa shape index (κ2) is 3.16. The summed E-state index contributed by atoms with van der Waals surface area (Å²) in [4.78, 5) is 11.2. The third kappa shape index (κ3) is 1.36. The molecule has 0 atom stereocenters. The molecule has 4 heteroatoms. The first-order valence-corrected chi connectivity index (χ1v) is 4.07. The summed E-state index contributed by atoms with van der Waals surface area (Å²) in [6.45, 7) is -0.367. The first kappa shape index (κ1) is 8.77. The molecule has 1 aromatic heterocycles. The molecule has 4 nitrogen and oxygen atoms in total. The predicted molar refractivity (Wildman–Crippen MR) is 50.1 cm³/mol. The zero-order valence-electron chi connectivity index (χ0n) is 7.23. The summed E-state index contributed by atoms with van der Waals surface area (Å²) in [6, 6.07) is 5.91. The molecule has 0 amide bonds. The first-order chi connectivity index (χ1) is 6.70. The Kier molecular flexibility index (Phi) is 1.98. The van der Waals surface area contributed by atoms with Crippen LogP contribution in [0.5, 0.6) is 5.75 Å². The van der Waals surface area contributed by atoms with Crippen LogP contribution in [0, 0.1) is 0 Å². The van der Waals surface area contributed by atoms with Crippen LogP contribution in [-0.4, -0.2) is 10.2 Å². The Morgan fingerprint density at radius 2 is 2.07 bits per heavy atom. The average molecular weight is 192 g/mol. The number of rotatable bonds is 1. The van der Waals surface area contributed by atoms with Gasteiger partial charge in [0.25, 0.3) is 0 Å². The van der Waals surface area contributed by atoms with E-state index in [9.17, 15) is 9.90 Å². The maximum atomic E-state index is 11.2. The van der Waals surface area contributed by atoms with E-state index in [1.54, 1.807) is 0 Å². The van der Waals surface area contributed by atoms with E-state index < -0.39 is 5.63 Å². The van der Waals surface area contributed by atoms with E-state index in [1.165, 1.54) is 24.3 Å². The van der Waals surface area contributed by atoms with Gasteiger partial charge in [-0.1, -0.05) is 0 Å². The Morgan fingerprint density at radius 1 is 1.29 bits per heavy atom. The zero-order chi connectivity index (χ0) is 10.1. The molecule has 0 saturated heterocycles. The van der Waals surface area contributed by atoms with Crippen molar-refractivity contribution in [3.63, 3.8) is 0 Å². The fraction of sp³-hybridized carbons (Fsp3) is 0.100. The molecule has 0 spiro atoms. The third-order valence-electron chi connectivity index (χ3n) is 1.96. The van der Waals surface area contributed by atoms with Crippen molar-refractivity contribution >= 4 is 11.0 Å². The quantitative estimate of drug-likeness (QED) is 0.661. The summed E-state index contributed by atoms with van der Waals surface area (Å²) in [5.74, 6) is 0.0928. The molecule has 0 fully saturated rings. The van der Waals surface area contributed by atoms with Crippen molar-refractivity contribution in [1.82, 2.24) is 0 Å². The molecular weight excluding hydrogens is 184 g/mol. The molecule has 0 aliphatic rings. The van der Waals surface area contributed by atoms with E-state index in [0.717, 1.165) is 0 Å². The maximum absolute atomic E-state index is 11.2. The van der Waals surface area contributed by atoms with Crippen LogP contribution in [0.15, 0.2) is 33.5 Å². The molecular formula is C10H8O4. The Morgan fingerprint density at radius 3 is 2.79 bits per heavy atom. The minimum Gasteiger partial charge on any atom is -0.508 e. The molecule has 0 saturated carbocycles. The Labute approximate surface area is 79.0 Å². The van der Waals surface area contributed by atoms with Crippen LogP contribution in [0.25, 0.3) is 11.0 Å². The van der Waals surface area contributed by atoms with Crippen LogP contribution in [-0.2, 0) is 6.61 Å². The van der Waals surface area contributed by atoms with Gasteiger partial charge in [-0.25, -0.2) is 4.79 Å². The highest BCUT2D eigenvalue weighted by Crippen LogP contribution is 2.19. The SMILES string of the molecule is O=c1oc2ccc(O)cc2cc1CO. The predicted octanol–water partition coefficient (Wildman–Crippen LogP) is 0.991. The van der Waals surface area contributed by atoms with Crippen molar-refractivity contribution in [3.05, 3.63) is 40.2 Å². The van der Waals surface area contributed by atoms with Crippen molar-refractivity contribution < 1.29 is 14.6 Å². The highest BCUT2D eigenvalue weighted by atomic mass is 16.4. The molecule has 14 heavy (non-hydrogen) atoms. The lowest BCUT2D eigenvalue weighted by molar-refractivity contribution is 0.276. The van der Waals surface area contributed by atoms with Gasteiger partial charge in [0.15, 0.2) is 0 Å². The average Bonchev–Trinajstić information content (AvgIpc) is 2.17. The highest BCUT2D eigenvalue weighted by Gasteiger charge is 2.04. The monoisotopic (exact) mass is 192 g/mol. The lowest BCUT2D eigenvalue weighted by atomic mass is 10.2. The molecule has 0 bridgehead atoms. The number of benzene rings is 1. The van der Waals surface area contributed by atoms with E-state index in [-0.39, 0.29) is 17.9 Å². The smallest absolute Gasteiger partial charge is 0.341 e. The van der Waals surface area contributed by atoms with Crippen LogP contribution in [0.1, 0.15) is 5.56 Å². The maximum Gasteiger partial charge on any atom is 0.341 e. The van der Waals surface area contributed by atoms with Gasteiger partial charge in [0.2, 0.25) is 0 Å². The molecule has 2 rings (SSSR count). The van der Waals surface area contributed by atoms with Crippen molar-refractivity contribution in [3.8, 4) is 5.75 Å². The summed E-state index contributed by atoms with van der Waals surface area (Å²) in [5, 5.41) is 18.6.